The predicted octanol–water partition coefficient (Wildman–Crippen LogP) is 2.24. The molecular formula is C24H22N2O6. The van der Waals surface area contributed by atoms with Crippen LogP contribution in [0.2, 0.25) is 0 Å². The van der Waals surface area contributed by atoms with Gasteiger partial charge in [0, 0.05) is 31.1 Å². The van der Waals surface area contributed by atoms with Crippen molar-refractivity contribution < 1.29 is 23.5 Å². The van der Waals surface area contributed by atoms with E-state index in [9.17, 15) is 14.4 Å². The molecule has 3 aromatic rings. The zero-order chi connectivity index (χ0) is 22.2. The minimum absolute atomic E-state index is 0.0157. The average Bonchev–Trinajstić information content (AvgIpc) is 3.22. The molecule has 3 heterocycles. The molecule has 164 valence electrons. The van der Waals surface area contributed by atoms with Crippen molar-refractivity contribution in [3.05, 3.63) is 69.6 Å². The molecular weight excluding hydrogens is 412 g/mol. The van der Waals surface area contributed by atoms with Crippen molar-refractivity contribution in [1.82, 2.24) is 9.80 Å². The highest BCUT2D eigenvalue weighted by Crippen LogP contribution is 2.33. The van der Waals surface area contributed by atoms with Gasteiger partial charge in [0.1, 0.15) is 5.58 Å². The van der Waals surface area contributed by atoms with Gasteiger partial charge in [0.2, 0.25) is 18.6 Å². The SMILES string of the molecule is Cc1ccc2c(CC(=O)N3CCN(Cc4ccc5c(c4)OCO5)C(=O)C3)cc(=O)oc2c1. The zero-order valence-electron chi connectivity index (χ0n) is 17.6. The molecule has 8 heteroatoms. The molecule has 1 aromatic heterocycles. The Hall–Kier alpha value is -3.81. The van der Waals surface area contributed by atoms with Crippen LogP contribution in [0.5, 0.6) is 11.5 Å². The Morgan fingerprint density at radius 3 is 2.69 bits per heavy atom. The number of rotatable bonds is 4. The van der Waals surface area contributed by atoms with E-state index in [4.69, 9.17) is 13.9 Å². The van der Waals surface area contributed by atoms with E-state index < -0.39 is 5.63 Å². The maximum Gasteiger partial charge on any atom is 0.336 e. The Morgan fingerprint density at radius 1 is 1.00 bits per heavy atom. The van der Waals surface area contributed by atoms with Gasteiger partial charge in [-0.3, -0.25) is 9.59 Å². The van der Waals surface area contributed by atoms with Crippen LogP contribution >= 0.6 is 0 Å². The van der Waals surface area contributed by atoms with Crippen LogP contribution in [0.15, 0.2) is 51.7 Å². The molecule has 2 aliphatic rings. The summed E-state index contributed by atoms with van der Waals surface area (Å²) in [6.45, 7) is 3.45. The van der Waals surface area contributed by atoms with Crippen molar-refractivity contribution in [1.29, 1.82) is 0 Å². The first-order valence-electron chi connectivity index (χ1n) is 10.4. The van der Waals surface area contributed by atoms with Crippen molar-refractivity contribution in [2.24, 2.45) is 0 Å². The van der Waals surface area contributed by atoms with Gasteiger partial charge in [-0.1, -0.05) is 18.2 Å². The number of hydrogen-bond donors (Lipinski definition) is 0. The third-order valence-electron chi connectivity index (χ3n) is 5.81. The van der Waals surface area contributed by atoms with Crippen LogP contribution in [0.25, 0.3) is 11.0 Å². The Balaban J connectivity index is 1.26. The number of fused-ring (bicyclic) bond motifs is 2. The molecule has 2 aliphatic heterocycles. The van der Waals surface area contributed by atoms with Gasteiger partial charge < -0.3 is 23.7 Å². The summed E-state index contributed by atoms with van der Waals surface area (Å²) in [5.74, 6) is 1.08. The van der Waals surface area contributed by atoms with Crippen LogP contribution in [0.4, 0.5) is 0 Å². The highest BCUT2D eigenvalue weighted by molar-refractivity contribution is 5.90. The summed E-state index contributed by atoms with van der Waals surface area (Å²) in [5.41, 5.74) is 2.49. The van der Waals surface area contributed by atoms with Gasteiger partial charge >= 0.3 is 5.63 Å². The van der Waals surface area contributed by atoms with Crippen LogP contribution in [0.3, 0.4) is 0 Å². The number of amides is 2. The first-order valence-corrected chi connectivity index (χ1v) is 10.4. The fourth-order valence-electron chi connectivity index (χ4n) is 4.11. The van der Waals surface area contributed by atoms with E-state index >= 15 is 0 Å². The standard InChI is InChI=1S/C24H22N2O6/c1-15-2-4-18-17(11-24(29)32-20(18)8-15)10-22(27)26-7-6-25(23(28)13-26)12-16-3-5-19-21(9-16)31-14-30-19/h2-5,8-9,11H,6-7,10,12-14H2,1H3. The summed E-state index contributed by atoms with van der Waals surface area (Å²) < 4.78 is 16.0. The molecule has 0 radical (unpaired) electrons. The van der Waals surface area contributed by atoms with Crippen LogP contribution in [0.1, 0.15) is 16.7 Å². The van der Waals surface area contributed by atoms with Crippen molar-refractivity contribution >= 4 is 22.8 Å². The van der Waals surface area contributed by atoms with Crippen LogP contribution < -0.4 is 15.1 Å². The minimum atomic E-state index is -0.490. The monoisotopic (exact) mass is 434 g/mol. The summed E-state index contributed by atoms with van der Waals surface area (Å²) in [6.07, 6.45) is 0.0423. The number of carbonyl (C=O) groups excluding carboxylic acids is 2. The van der Waals surface area contributed by atoms with Crippen LogP contribution in [-0.2, 0) is 22.6 Å². The number of aryl methyl sites for hydroxylation is 1. The number of hydrogen-bond acceptors (Lipinski definition) is 6. The molecule has 0 N–H and O–H groups in total. The van der Waals surface area contributed by atoms with E-state index in [0.29, 0.717) is 42.3 Å². The number of carbonyl (C=O) groups is 2. The molecule has 1 saturated heterocycles. The highest BCUT2D eigenvalue weighted by Gasteiger charge is 2.28. The number of benzene rings is 2. The molecule has 0 unspecified atom stereocenters. The Kier molecular flexibility index (Phi) is 5.05. The number of ether oxygens (including phenoxy) is 2. The maximum atomic E-state index is 12.9. The summed E-state index contributed by atoms with van der Waals surface area (Å²) in [7, 11) is 0. The van der Waals surface area contributed by atoms with Crippen molar-refractivity contribution in [3.63, 3.8) is 0 Å². The molecule has 32 heavy (non-hydrogen) atoms. The molecule has 0 spiro atoms. The average molecular weight is 434 g/mol. The molecule has 2 amide bonds. The quantitative estimate of drug-likeness (QED) is 0.585. The molecule has 5 rings (SSSR count). The lowest BCUT2D eigenvalue weighted by molar-refractivity contribution is -0.145. The molecule has 0 saturated carbocycles. The lowest BCUT2D eigenvalue weighted by Crippen LogP contribution is -2.52. The van der Waals surface area contributed by atoms with E-state index in [2.05, 4.69) is 0 Å². The predicted molar refractivity (Wildman–Crippen MR) is 115 cm³/mol. The molecule has 0 aliphatic carbocycles. The largest absolute Gasteiger partial charge is 0.454 e. The highest BCUT2D eigenvalue weighted by atomic mass is 16.7. The number of nitrogens with zero attached hydrogens (tertiary/aromatic N) is 2. The molecule has 0 bridgehead atoms. The molecule has 8 nitrogen and oxygen atoms in total. The van der Waals surface area contributed by atoms with E-state index in [-0.39, 0.29) is 31.6 Å². The van der Waals surface area contributed by atoms with Gasteiger partial charge in [0.05, 0.1) is 13.0 Å². The fraction of sp³-hybridized carbons (Fsp3) is 0.292. The molecule has 0 atom stereocenters. The Labute approximate surface area is 183 Å². The van der Waals surface area contributed by atoms with Gasteiger partial charge in [-0.05, 0) is 41.8 Å². The summed E-state index contributed by atoms with van der Waals surface area (Å²) in [5, 5.41) is 0.733. The van der Waals surface area contributed by atoms with Gasteiger partial charge in [-0.15, -0.1) is 0 Å². The van der Waals surface area contributed by atoms with Crippen LogP contribution in [0, 0.1) is 6.92 Å². The molecule has 1 fully saturated rings. The minimum Gasteiger partial charge on any atom is -0.454 e. The van der Waals surface area contributed by atoms with E-state index in [0.717, 1.165) is 16.5 Å². The van der Waals surface area contributed by atoms with Gasteiger partial charge in [-0.25, -0.2) is 4.79 Å². The zero-order valence-corrected chi connectivity index (χ0v) is 17.6. The van der Waals surface area contributed by atoms with Crippen molar-refractivity contribution in [3.8, 4) is 11.5 Å². The van der Waals surface area contributed by atoms with Crippen molar-refractivity contribution in [2.75, 3.05) is 26.4 Å². The summed E-state index contributed by atoms with van der Waals surface area (Å²) in [4.78, 5) is 40.9. The smallest absolute Gasteiger partial charge is 0.336 e. The molecule has 2 aromatic carbocycles. The third kappa shape index (κ3) is 3.91. The Bertz CT molecular complexity index is 1280. The lowest BCUT2D eigenvalue weighted by atomic mass is 10.0. The summed E-state index contributed by atoms with van der Waals surface area (Å²) in [6, 6.07) is 12.5. The van der Waals surface area contributed by atoms with Gasteiger partial charge in [0.25, 0.3) is 0 Å². The Morgan fingerprint density at radius 2 is 1.84 bits per heavy atom. The maximum absolute atomic E-state index is 12.9. The van der Waals surface area contributed by atoms with Crippen LogP contribution in [-0.4, -0.2) is 48.0 Å². The first kappa shape index (κ1) is 20.1. The number of piperazine rings is 1. The second-order valence-electron chi connectivity index (χ2n) is 8.09. The lowest BCUT2D eigenvalue weighted by Gasteiger charge is -2.34. The van der Waals surface area contributed by atoms with E-state index in [1.165, 1.54) is 6.07 Å². The normalized spacial score (nSPS) is 15.5. The van der Waals surface area contributed by atoms with E-state index in [1.54, 1.807) is 15.9 Å². The third-order valence-corrected chi connectivity index (χ3v) is 5.81. The van der Waals surface area contributed by atoms with Crippen molar-refractivity contribution in [2.45, 2.75) is 19.9 Å². The van der Waals surface area contributed by atoms with Gasteiger partial charge in [0.15, 0.2) is 11.5 Å². The second kappa shape index (κ2) is 8.03. The van der Waals surface area contributed by atoms with E-state index in [1.807, 2.05) is 37.3 Å². The fourth-order valence-corrected chi connectivity index (χ4v) is 4.11. The topological polar surface area (TPSA) is 89.3 Å². The summed E-state index contributed by atoms with van der Waals surface area (Å²) >= 11 is 0. The first-order chi connectivity index (χ1) is 15.5. The van der Waals surface area contributed by atoms with Gasteiger partial charge in [-0.2, -0.15) is 0 Å². The second-order valence-corrected chi connectivity index (χ2v) is 8.09.